The molecule has 5 heteroatoms. The van der Waals surface area contributed by atoms with Crippen LogP contribution in [0.4, 0.5) is 0 Å². The quantitative estimate of drug-likeness (QED) is 0.905. The van der Waals surface area contributed by atoms with Crippen LogP contribution in [-0.2, 0) is 4.74 Å². The fraction of sp³-hybridized carbons (Fsp3) is 0.421. The zero-order chi connectivity index (χ0) is 16.9. The van der Waals surface area contributed by atoms with Crippen molar-refractivity contribution in [3.05, 3.63) is 57.8 Å². The topological polar surface area (TPSA) is 41.6 Å². The number of thiophene rings is 1. The lowest BCUT2D eigenvalue weighted by atomic mass is 10.0. The number of carbonyl (C=O) groups excluding carboxylic acids is 1. The highest BCUT2D eigenvalue weighted by Gasteiger charge is 2.29. The standard InChI is InChI=1S/C19H24N2O2S/c1-14-5-3-6-16(13-14)19(22)20-15(2)18(17-7-4-12-24-17)21-8-10-23-11-9-21/h3-7,12-13,15,18H,8-11H2,1-2H3,(H,20,22)/t15-,18-/m0/s1. The summed E-state index contributed by atoms with van der Waals surface area (Å²) in [5, 5.41) is 5.29. The van der Waals surface area contributed by atoms with Crippen molar-refractivity contribution < 1.29 is 9.53 Å². The van der Waals surface area contributed by atoms with Crippen molar-refractivity contribution in [2.75, 3.05) is 26.3 Å². The Balaban J connectivity index is 1.75. The molecule has 128 valence electrons. The van der Waals surface area contributed by atoms with Crippen molar-refractivity contribution in [2.45, 2.75) is 25.9 Å². The maximum absolute atomic E-state index is 12.6. The zero-order valence-corrected chi connectivity index (χ0v) is 15.0. The summed E-state index contributed by atoms with van der Waals surface area (Å²) in [6, 6.07) is 12.1. The predicted molar refractivity (Wildman–Crippen MR) is 97.6 cm³/mol. The smallest absolute Gasteiger partial charge is 0.251 e. The van der Waals surface area contributed by atoms with E-state index in [0.29, 0.717) is 5.56 Å². The molecule has 0 unspecified atom stereocenters. The van der Waals surface area contributed by atoms with Crippen LogP contribution in [0, 0.1) is 6.92 Å². The number of nitrogens with zero attached hydrogens (tertiary/aromatic N) is 1. The van der Waals surface area contributed by atoms with Crippen molar-refractivity contribution in [2.24, 2.45) is 0 Å². The van der Waals surface area contributed by atoms with Gasteiger partial charge in [0.1, 0.15) is 0 Å². The molecule has 1 saturated heterocycles. The van der Waals surface area contributed by atoms with Gasteiger partial charge in [-0.2, -0.15) is 0 Å². The first-order chi connectivity index (χ1) is 11.6. The number of hydrogen-bond donors (Lipinski definition) is 1. The Hall–Kier alpha value is -1.69. The molecule has 0 aliphatic carbocycles. The van der Waals surface area contributed by atoms with E-state index in [1.165, 1.54) is 4.88 Å². The Kier molecular flexibility index (Phi) is 5.66. The molecule has 1 aromatic heterocycles. The summed E-state index contributed by atoms with van der Waals surface area (Å²) in [5.74, 6) is -0.0129. The number of ether oxygens (including phenoxy) is 1. The highest BCUT2D eigenvalue weighted by atomic mass is 32.1. The number of rotatable bonds is 5. The minimum Gasteiger partial charge on any atom is -0.379 e. The predicted octanol–water partition coefficient (Wildman–Crippen LogP) is 3.25. The number of amides is 1. The number of morpholine rings is 1. The van der Waals surface area contributed by atoms with Crippen LogP contribution in [0.5, 0.6) is 0 Å². The lowest BCUT2D eigenvalue weighted by Crippen LogP contribution is -2.48. The summed E-state index contributed by atoms with van der Waals surface area (Å²) in [5.41, 5.74) is 1.81. The van der Waals surface area contributed by atoms with Crippen molar-refractivity contribution in [3.8, 4) is 0 Å². The molecule has 1 amide bonds. The van der Waals surface area contributed by atoms with E-state index in [4.69, 9.17) is 4.74 Å². The summed E-state index contributed by atoms with van der Waals surface area (Å²) >= 11 is 1.74. The number of aryl methyl sites for hydroxylation is 1. The average molecular weight is 344 g/mol. The van der Waals surface area contributed by atoms with Gasteiger partial charge in [-0.1, -0.05) is 23.8 Å². The van der Waals surface area contributed by atoms with Gasteiger partial charge in [0.15, 0.2) is 0 Å². The van der Waals surface area contributed by atoms with Crippen molar-refractivity contribution >= 4 is 17.2 Å². The van der Waals surface area contributed by atoms with E-state index in [9.17, 15) is 4.79 Å². The molecule has 0 radical (unpaired) electrons. The van der Waals surface area contributed by atoms with Gasteiger partial charge in [0, 0.05) is 29.6 Å². The van der Waals surface area contributed by atoms with Gasteiger partial charge >= 0.3 is 0 Å². The highest BCUT2D eigenvalue weighted by Crippen LogP contribution is 2.29. The molecule has 2 atom stereocenters. The molecule has 1 N–H and O–H groups in total. The third kappa shape index (κ3) is 4.04. The van der Waals surface area contributed by atoms with Gasteiger partial charge in [0.2, 0.25) is 0 Å². The first-order valence-electron chi connectivity index (χ1n) is 8.38. The van der Waals surface area contributed by atoms with Crippen LogP contribution in [0.2, 0.25) is 0 Å². The maximum atomic E-state index is 12.6. The fourth-order valence-corrected chi connectivity index (χ4v) is 4.18. The van der Waals surface area contributed by atoms with Gasteiger partial charge in [0.25, 0.3) is 5.91 Å². The molecule has 4 nitrogen and oxygen atoms in total. The van der Waals surface area contributed by atoms with Crippen LogP contribution in [-0.4, -0.2) is 43.2 Å². The Morgan fingerprint density at radius 3 is 2.71 bits per heavy atom. The molecule has 0 saturated carbocycles. The first kappa shape index (κ1) is 17.1. The van der Waals surface area contributed by atoms with Crippen LogP contribution in [0.15, 0.2) is 41.8 Å². The van der Waals surface area contributed by atoms with E-state index >= 15 is 0 Å². The van der Waals surface area contributed by atoms with E-state index in [2.05, 4.69) is 34.7 Å². The lowest BCUT2D eigenvalue weighted by molar-refractivity contribution is 0.00969. The van der Waals surface area contributed by atoms with E-state index < -0.39 is 0 Å². The third-order valence-corrected chi connectivity index (χ3v) is 5.33. The second kappa shape index (κ2) is 7.92. The SMILES string of the molecule is Cc1cccc(C(=O)N[C@@H](C)[C@@H](c2cccs2)N2CCOCC2)c1. The lowest BCUT2D eigenvalue weighted by Gasteiger charge is -2.37. The Morgan fingerprint density at radius 2 is 2.04 bits per heavy atom. The second-order valence-corrected chi connectivity index (χ2v) is 7.22. The highest BCUT2D eigenvalue weighted by molar-refractivity contribution is 7.10. The fourth-order valence-electron chi connectivity index (χ4n) is 3.21. The largest absolute Gasteiger partial charge is 0.379 e. The van der Waals surface area contributed by atoms with E-state index in [1.54, 1.807) is 11.3 Å². The molecule has 2 heterocycles. The minimum absolute atomic E-state index is 0.0129. The van der Waals surface area contributed by atoms with Crippen LogP contribution in [0.3, 0.4) is 0 Å². The average Bonchev–Trinajstić information content (AvgIpc) is 3.10. The van der Waals surface area contributed by atoms with Crippen molar-refractivity contribution in [1.29, 1.82) is 0 Å². The molecule has 0 bridgehead atoms. The monoisotopic (exact) mass is 344 g/mol. The number of benzene rings is 1. The van der Waals surface area contributed by atoms with E-state index in [0.717, 1.165) is 31.9 Å². The molecule has 1 aliphatic heterocycles. The number of hydrogen-bond acceptors (Lipinski definition) is 4. The zero-order valence-electron chi connectivity index (χ0n) is 14.2. The molecule has 2 aromatic rings. The Bertz CT molecular complexity index is 666. The molecule has 0 spiro atoms. The van der Waals surface area contributed by atoms with Crippen molar-refractivity contribution in [1.82, 2.24) is 10.2 Å². The normalized spacial score (nSPS) is 18.1. The second-order valence-electron chi connectivity index (χ2n) is 6.24. The van der Waals surface area contributed by atoms with Crippen LogP contribution in [0.25, 0.3) is 0 Å². The molecular weight excluding hydrogens is 320 g/mol. The maximum Gasteiger partial charge on any atom is 0.251 e. The molecule has 3 rings (SSSR count). The van der Waals surface area contributed by atoms with Gasteiger partial charge < -0.3 is 10.1 Å². The third-order valence-electron chi connectivity index (χ3n) is 4.39. The van der Waals surface area contributed by atoms with Gasteiger partial charge in [0.05, 0.1) is 19.3 Å². The summed E-state index contributed by atoms with van der Waals surface area (Å²) in [6.07, 6.45) is 0. The van der Waals surface area contributed by atoms with E-state index in [-0.39, 0.29) is 18.0 Å². The first-order valence-corrected chi connectivity index (χ1v) is 9.26. The van der Waals surface area contributed by atoms with Gasteiger partial charge in [-0.15, -0.1) is 11.3 Å². The summed E-state index contributed by atoms with van der Waals surface area (Å²) < 4.78 is 5.48. The van der Waals surface area contributed by atoms with Crippen LogP contribution in [0.1, 0.15) is 33.8 Å². The number of carbonyl (C=O) groups is 1. The molecule has 24 heavy (non-hydrogen) atoms. The van der Waals surface area contributed by atoms with E-state index in [1.807, 2.05) is 31.2 Å². The van der Waals surface area contributed by atoms with Gasteiger partial charge in [-0.05, 0) is 37.4 Å². The van der Waals surface area contributed by atoms with Gasteiger partial charge in [-0.25, -0.2) is 0 Å². The Morgan fingerprint density at radius 1 is 1.25 bits per heavy atom. The molecule has 1 aromatic carbocycles. The minimum atomic E-state index is -0.0129. The summed E-state index contributed by atoms with van der Waals surface area (Å²) in [6.45, 7) is 7.39. The van der Waals surface area contributed by atoms with Crippen LogP contribution >= 0.6 is 11.3 Å². The van der Waals surface area contributed by atoms with Crippen molar-refractivity contribution in [3.63, 3.8) is 0 Å². The molecular formula is C19H24N2O2S. The van der Waals surface area contributed by atoms with Gasteiger partial charge in [-0.3, -0.25) is 9.69 Å². The Labute approximate surface area is 147 Å². The van der Waals surface area contributed by atoms with Crippen LogP contribution < -0.4 is 5.32 Å². The summed E-state index contributed by atoms with van der Waals surface area (Å²) in [4.78, 5) is 16.3. The molecule has 1 fully saturated rings. The summed E-state index contributed by atoms with van der Waals surface area (Å²) in [7, 11) is 0. The molecule has 1 aliphatic rings. The number of nitrogens with one attached hydrogen (secondary N) is 1.